The van der Waals surface area contributed by atoms with Gasteiger partial charge < -0.3 is 19.9 Å². The van der Waals surface area contributed by atoms with Crippen LogP contribution in [-0.4, -0.2) is 53.2 Å². The average molecular weight is 505 g/mol. The lowest BCUT2D eigenvalue weighted by molar-refractivity contribution is -0.127. The van der Waals surface area contributed by atoms with Gasteiger partial charge in [0.2, 0.25) is 5.91 Å². The number of carbonyl (C=O) groups is 3. The van der Waals surface area contributed by atoms with Crippen molar-refractivity contribution in [1.82, 2.24) is 15.2 Å². The van der Waals surface area contributed by atoms with E-state index in [1.54, 1.807) is 12.0 Å². The number of ketones is 1. The van der Waals surface area contributed by atoms with Gasteiger partial charge >= 0.3 is 0 Å². The summed E-state index contributed by atoms with van der Waals surface area (Å²) >= 11 is 0. The molecular formula is C29H36N4O4. The molecule has 196 valence electrons. The maximum atomic E-state index is 13.8. The summed E-state index contributed by atoms with van der Waals surface area (Å²) < 4.78 is 5.31. The summed E-state index contributed by atoms with van der Waals surface area (Å²) in [7, 11) is 1.61. The lowest BCUT2D eigenvalue weighted by Crippen LogP contribution is -2.49. The first kappa shape index (κ1) is 25.3. The van der Waals surface area contributed by atoms with E-state index in [9.17, 15) is 19.6 Å². The number of methoxy groups -OCH3 is 1. The number of aromatic nitrogens is 1. The van der Waals surface area contributed by atoms with Gasteiger partial charge in [0.05, 0.1) is 13.2 Å². The largest absolute Gasteiger partial charge is 0.497 e. The van der Waals surface area contributed by atoms with Crippen LogP contribution in [0.1, 0.15) is 81.1 Å². The number of H-pyrrole nitrogens is 1. The van der Waals surface area contributed by atoms with Gasteiger partial charge in [-0.15, -0.1) is 0 Å². The van der Waals surface area contributed by atoms with Crippen molar-refractivity contribution in [3.63, 3.8) is 0 Å². The van der Waals surface area contributed by atoms with Gasteiger partial charge in [0.15, 0.2) is 0 Å². The Labute approximate surface area is 217 Å². The predicted octanol–water partition coefficient (Wildman–Crippen LogP) is 4.50. The zero-order valence-corrected chi connectivity index (χ0v) is 21.6. The van der Waals surface area contributed by atoms with Crippen molar-refractivity contribution in [3.8, 4) is 11.8 Å². The number of hydrogen-bond acceptors (Lipinski definition) is 5. The molecule has 2 N–H and O–H groups in total. The quantitative estimate of drug-likeness (QED) is 0.601. The molecule has 1 aromatic carbocycles. The number of nitriles is 1. The first-order valence-corrected chi connectivity index (χ1v) is 13.6. The molecule has 8 heteroatoms. The monoisotopic (exact) mass is 504 g/mol. The van der Waals surface area contributed by atoms with Crippen LogP contribution in [0.4, 0.5) is 0 Å². The molecule has 2 aliphatic carbocycles. The van der Waals surface area contributed by atoms with Crippen LogP contribution < -0.4 is 10.1 Å². The van der Waals surface area contributed by atoms with Crippen LogP contribution in [0.5, 0.6) is 5.75 Å². The Balaban J connectivity index is 1.36. The van der Waals surface area contributed by atoms with E-state index in [1.165, 1.54) is 6.42 Å². The fraction of sp³-hybridized carbons (Fsp3) is 0.586. The van der Waals surface area contributed by atoms with Gasteiger partial charge in [0, 0.05) is 29.8 Å². The highest BCUT2D eigenvalue weighted by atomic mass is 16.5. The van der Waals surface area contributed by atoms with Crippen LogP contribution in [0.3, 0.4) is 0 Å². The summed E-state index contributed by atoms with van der Waals surface area (Å²) in [5, 5.41) is 13.6. The molecule has 5 rings (SSSR count). The second-order valence-corrected chi connectivity index (χ2v) is 11.2. The van der Waals surface area contributed by atoms with Crippen molar-refractivity contribution < 1.29 is 19.1 Å². The first-order valence-electron chi connectivity index (χ1n) is 13.6. The minimum Gasteiger partial charge on any atom is -0.497 e. The number of aromatic amines is 1. The van der Waals surface area contributed by atoms with Crippen LogP contribution in [-0.2, 0) is 9.59 Å². The second kappa shape index (κ2) is 10.6. The van der Waals surface area contributed by atoms with E-state index >= 15 is 0 Å². The first-order chi connectivity index (χ1) is 17.9. The summed E-state index contributed by atoms with van der Waals surface area (Å²) in [4.78, 5) is 44.6. The zero-order chi connectivity index (χ0) is 26.0. The molecule has 3 fully saturated rings. The number of ether oxygens (including phenoxy) is 1. The number of fused-ring (bicyclic) bond motifs is 1. The van der Waals surface area contributed by atoms with Crippen molar-refractivity contribution in [2.75, 3.05) is 13.7 Å². The Hall–Kier alpha value is -3.34. The van der Waals surface area contributed by atoms with Gasteiger partial charge in [-0.2, -0.15) is 5.26 Å². The fourth-order valence-corrected chi connectivity index (χ4v) is 6.68. The van der Waals surface area contributed by atoms with Crippen LogP contribution in [0.2, 0.25) is 0 Å². The third kappa shape index (κ3) is 5.22. The minimum atomic E-state index is -0.736. The normalized spacial score (nSPS) is 24.1. The molecule has 1 spiro atoms. The number of hydrogen-bond donors (Lipinski definition) is 2. The maximum Gasteiger partial charge on any atom is 0.271 e. The number of amides is 2. The van der Waals surface area contributed by atoms with Crippen molar-refractivity contribution in [1.29, 1.82) is 5.26 Å². The fourth-order valence-electron chi connectivity index (χ4n) is 6.68. The smallest absolute Gasteiger partial charge is 0.271 e. The van der Waals surface area contributed by atoms with Crippen molar-refractivity contribution in [3.05, 3.63) is 30.0 Å². The number of rotatable bonds is 6. The lowest BCUT2D eigenvalue weighted by atomic mass is 9.72. The highest BCUT2D eigenvalue weighted by molar-refractivity contribution is 6.01. The van der Waals surface area contributed by atoms with Crippen molar-refractivity contribution in [2.45, 2.75) is 82.7 Å². The molecule has 2 aromatic rings. The highest BCUT2D eigenvalue weighted by Gasteiger charge is 2.49. The standard InChI is InChI=1S/C29H36N4O4/c1-37-22-9-10-23-20(14-22)15-24(32-23)28(36)33-18-29(11-5-2-6-12-29)16-25(33)27(35)31-21(17-30)13-19-7-3-4-8-26(19)34/h9-10,14-15,19,21,25,32H,2-8,11-13,16,18H2,1H3,(H,31,35)/t19-,21-,25?/m0/s1. The van der Waals surface area contributed by atoms with Gasteiger partial charge in [-0.25, -0.2) is 0 Å². The molecule has 2 heterocycles. The predicted molar refractivity (Wildman–Crippen MR) is 139 cm³/mol. The molecule has 0 radical (unpaired) electrons. The van der Waals surface area contributed by atoms with Gasteiger partial charge in [0.1, 0.15) is 29.3 Å². The molecular weight excluding hydrogens is 468 g/mol. The van der Waals surface area contributed by atoms with E-state index in [0.29, 0.717) is 37.3 Å². The van der Waals surface area contributed by atoms with Gasteiger partial charge in [-0.05, 0) is 68.2 Å². The summed E-state index contributed by atoms with van der Waals surface area (Å²) in [5.74, 6) is 0.240. The lowest BCUT2D eigenvalue weighted by Gasteiger charge is -2.32. The molecule has 2 amide bonds. The summed E-state index contributed by atoms with van der Waals surface area (Å²) in [6.07, 6.45) is 9.56. The van der Waals surface area contributed by atoms with Crippen LogP contribution in [0, 0.1) is 22.7 Å². The van der Waals surface area contributed by atoms with Crippen LogP contribution in [0.25, 0.3) is 10.9 Å². The summed E-state index contributed by atoms with van der Waals surface area (Å²) in [6, 6.07) is 8.24. The number of benzene rings is 1. The van der Waals surface area contributed by atoms with Gasteiger partial charge in [-0.1, -0.05) is 25.7 Å². The molecule has 37 heavy (non-hydrogen) atoms. The minimum absolute atomic E-state index is 0.0629. The number of nitrogens with one attached hydrogen (secondary N) is 2. The molecule has 1 saturated heterocycles. The summed E-state index contributed by atoms with van der Waals surface area (Å²) in [5.41, 5.74) is 1.21. The molecule has 1 unspecified atom stereocenters. The number of nitrogens with zero attached hydrogens (tertiary/aromatic N) is 2. The summed E-state index contributed by atoms with van der Waals surface area (Å²) in [6.45, 7) is 0.543. The number of Topliss-reactive ketones (excluding diaryl/α,β-unsaturated/α-hetero) is 1. The molecule has 1 aliphatic heterocycles. The average Bonchev–Trinajstić information content (AvgIpc) is 3.51. The Kier molecular flexibility index (Phi) is 7.23. The van der Waals surface area contributed by atoms with E-state index in [0.717, 1.165) is 55.8 Å². The molecule has 1 aromatic heterocycles. The third-order valence-electron chi connectivity index (χ3n) is 8.72. The topological polar surface area (TPSA) is 115 Å². The van der Waals surface area contributed by atoms with E-state index in [-0.39, 0.29) is 28.9 Å². The number of likely N-dealkylation sites (tertiary alicyclic amines) is 1. The van der Waals surface area contributed by atoms with E-state index in [2.05, 4.69) is 16.4 Å². The SMILES string of the molecule is COc1ccc2[nH]c(C(=O)N3CC4(CCCCC4)CC3C(=O)N[C@H](C#N)C[C@@H]3CCCCC3=O)cc2c1. The van der Waals surface area contributed by atoms with Gasteiger partial charge in [-0.3, -0.25) is 14.4 Å². The molecule has 0 bridgehead atoms. The highest BCUT2D eigenvalue weighted by Crippen LogP contribution is 2.46. The van der Waals surface area contributed by atoms with Gasteiger partial charge in [0.25, 0.3) is 5.91 Å². The Bertz CT molecular complexity index is 1220. The molecule has 2 saturated carbocycles. The number of carbonyl (C=O) groups excluding carboxylic acids is 3. The molecule has 8 nitrogen and oxygen atoms in total. The third-order valence-corrected chi connectivity index (χ3v) is 8.72. The second-order valence-electron chi connectivity index (χ2n) is 11.2. The zero-order valence-electron chi connectivity index (χ0n) is 21.6. The Morgan fingerprint density at radius 3 is 2.76 bits per heavy atom. The van der Waals surface area contributed by atoms with Crippen molar-refractivity contribution >= 4 is 28.5 Å². The van der Waals surface area contributed by atoms with E-state index in [1.807, 2.05) is 24.3 Å². The van der Waals surface area contributed by atoms with E-state index < -0.39 is 12.1 Å². The molecule has 3 atom stereocenters. The van der Waals surface area contributed by atoms with Crippen LogP contribution in [0.15, 0.2) is 24.3 Å². The van der Waals surface area contributed by atoms with Crippen LogP contribution >= 0.6 is 0 Å². The maximum absolute atomic E-state index is 13.8. The van der Waals surface area contributed by atoms with Crippen molar-refractivity contribution in [2.24, 2.45) is 11.3 Å². The Morgan fingerprint density at radius 1 is 1.22 bits per heavy atom. The Morgan fingerprint density at radius 2 is 2.03 bits per heavy atom. The molecule has 3 aliphatic rings. The van der Waals surface area contributed by atoms with E-state index in [4.69, 9.17) is 4.74 Å².